The number of cyclic esters (lactones) is 2. The SMILES string of the molecule is C[CH]C1OC(=O)OC1C. The van der Waals surface area contributed by atoms with Crippen LogP contribution in [-0.4, -0.2) is 18.4 Å². The topological polar surface area (TPSA) is 35.5 Å². The second-order valence-corrected chi connectivity index (χ2v) is 1.99. The van der Waals surface area contributed by atoms with Crippen LogP contribution < -0.4 is 0 Å². The summed E-state index contributed by atoms with van der Waals surface area (Å²) in [6.07, 6.45) is 0.959. The minimum absolute atomic E-state index is 0.123. The molecule has 0 N–H and O–H groups in total. The van der Waals surface area contributed by atoms with Crippen molar-refractivity contribution in [2.24, 2.45) is 0 Å². The van der Waals surface area contributed by atoms with Gasteiger partial charge >= 0.3 is 6.16 Å². The Morgan fingerprint density at radius 3 is 2.44 bits per heavy atom. The van der Waals surface area contributed by atoms with Crippen LogP contribution in [0.15, 0.2) is 0 Å². The standard InChI is InChI=1S/C6H9O3/c1-3-5-4(2)8-6(7)9-5/h3-5H,1-2H3. The van der Waals surface area contributed by atoms with E-state index in [0.29, 0.717) is 0 Å². The van der Waals surface area contributed by atoms with Crippen LogP contribution in [0.25, 0.3) is 0 Å². The van der Waals surface area contributed by atoms with Crippen molar-refractivity contribution in [3.8, 4) is 0 Å². The molecule has 1 saturated heterocycles. The number of hydrogen-bond donors (Lipinski definition) is 0. The van der Waals surface area contributed by atoms with Gasteiger partial charge in [0.25, 0.3) is 0 Å². The van der Waals surface area contributed by atoms with Crippen LogP contribution in [0.1, 0.15) is 13.8 Å². The molecule has 1 fully saturated rings. The van der Waals surface area contributed by atoms with Gasteiger partial charge in [-0.3, -0.25) is 0 Å². The maximum Gasteiger partial charge on any atom is 0.509 e. The van der Waals surface area contributed by atoms with Gasteiger partial charge in [-0.2, -0.15) is 0 Å². The molecule has 0 bridgehead atoms. The molecule has 3 nitrogen and oxygen atoms in total. The van der Waals surface area contributed by atoms with Gasteiger partial charge in [-0.15, -0.1) is 0 Å². The zero-order chi connectivity index (χ0) is 6.85. The molecule has 0 amide bonds. The van der Waals surface area contributed by atoms with E-state index in [0.717, 1.165) is 0 Å². The van der Waals surface area contributed by atoms with Gasteiger partial charge < -0.3 is 9.47 Å². The summed E-state index contributed by atoms with van der Waals surface area (Å²) in [6, 6.07) is 0. The van der Waals surface area contributed by atoms with Gasteiger partial charge in [0.1, 0.15) is 12.2 Å². The van der Waals surface area contributed by atoms with Crippen molar-refractivity contribution in [2.45, 2.75) is 26.1 Å². The van der Waals surface area contributed by atoms with E-state index in [4.69, 9.17) is 4.74 Å². The lowest BCUT2D eigenvalue weighted by atomic mass is 10.2. The van der Waals surface area contributed by atoms with Crippen LogP contribution in [-0.2, 0) is 9.47 Å². The van der Waals surface area contributed by atoms with Crippen molar-refractivity contribution < 1.29 is 14.3 Å². The number of carbonyl (C=O) groups excluding carboxylic acids is 1. The van der Waals surface area contributed by atoms with Crippen LogP contribution in [0.5, 0.6) is 0 Å². The molecule has 3 heteroatoms. The van der Waals surface area contributed by atoms with E-state index in [1.165, 1.54) is 0 Å². The summed E-state index contributed by atoms with van der Waals surface area (Å²) in [6.45, 7) is 3.64. The molecule has 1 aliphatic rings. The molecular weight excluding hydrogens is 120 g/mol. The minimum Gasteiger partial charge on any atom is -0.427 e. The maximum absolute atomic E-state index is 10.4. The Labute approximate surface area is 53.9 Å². The predicted octanol–water partition coefficient (Wildman–Crippen LogP) is 1.13. The molecule has 1 heterocycles. The largest absolute Gasteiger partial charge is 0.509 e. The van der Waals surface area contributed by atoms with E-state index < -0.39 is 6.16 Å². The molecule has 1 rings (SSSR count). The smallest absolute Gasteiger partial charge is 0.427 e. The minimum atomic E-state index is -0.564. The Kier molecular flexibility index (Phi) is 1.60. The Balaban J connectivity index is 2.47. The Hall–Kier alpha value is -0.730. The number of carbonyl (C=O) groups is 1. The molecule has 51 valence electrons. The zero-order valence-corrected chi connectivity index (χ0v) is 5.46. The summed E-state index contributed by atoms with van der Waals surface area (Å²) in [5, 5.41) is 0. The van der Waals surface area contributed by atoms with Crippen LogP contribution in [0, 0.1) is 6.42 Å². The average Bonchev–Trinajstić information content (AvgIpc) is 2.10. The third-order valence-corrected chi connectivity index (χ3v) is 1.31. The van der Waals surface area contributed by atoms with Crippen molar-refractivity contribution in [1.82, 2.24) is 0 Å². The monoisotopic (exact) mass is 129 g/mol. The molecule has 0 aromatic carbocycles. The number of hydrogen-bond acceptors (Lipinski definition) is 3. The number of ether oxygens (including phenoxy) is 2. The second-order valence-electron chi connectivity index (χ2n) is 1.99. The summed E-state index contributed by atoms with van der Waals surface area (Å²) < 4.78 is 9.38. The van der Waals surface area contributed by atoms with E-state index in [9.17, 15) is 4.79 Å². The van der Waals surface area contributed by atoms with Gasteiger partial charge in [-0.1, -0.05) is 6.92 Å². The van der Waals surface area contributed by atoms with E-state index in [1.54, 1.807) is 13.3 Å². The Bertz CT molecular complexity index is 121. The maximum atomic E-state index is 10.4. The van der Waals surface area contributed by atoms with Crippen LogP contribution in [0.2, 0.25) is 0 Å². The first-order chi connectivity index (χ1) is 4.24. The third-order valence-electron chi connectivity index (χ3n) is 1.31. The molecule has 1 aliphatic heterocycles. The van der Waals surface area contributed by atoms with E-state index in [1.807, 2.05) is 6.92 Å². The summed E-state index contributed by atoms with van der Waals surface area (Å²) >= 11 is 0. The van der Waals surface area contributed by atoms with Gasteiger partial charge in [-0.25, -0.2) is 4.79 Å². The fourth-order valence-electron chi connectivity index (χ4n) is 0.793. The van der Waals surface area contributed by atoms with Gasteiger partial charge in [0.15, 0.2) is 0 Å². The van der Waals surface area contributed by atoms with Crippen molar-refractivity contribution in [1.29, 1.82) is 0 Å². The molecule has 9 heavy (non-hydrogen) atoms. The van der Waals surface area contributed by atoms with Gasteiger partial charge in [0, 0.05) is 6.42 Å². The normalized spacial score (nSPS) is 33.8. The second kappa shape index (κ2) is 2.25. The highest BCUT2D eigenvalue weighted by molar-refractivity contribution is 5.62. The molecule has 0 aromatic rings. The van der Waals surface area contributed by atoms with E-state index in [2.05, 4.69) is 4.74 Å². The molecule has 1 radical (unpaired) electrons. The summed E-state index contributed by atoms with van der Waals surface area (Å²) in [4.78, 5) is 10.4. The molecule has 2 unspecified atom stereocenters. The van der Waals surface area contributed by atoms with Crippen molar-refractivity contribution in [2.75, 3.05) is 0 Å². The van der Waals surface area contributed by atoms with Crippen LogP contribution in [0.3, 0.4) is 0 Å². The van der Waals surface area contributed by atoms with Crippen LogP contribution in [0.4, 0.5) is 4.79 Å². The summed E-state index contributed by atoms with van der Waals surface area (Å²) in [5.74, 6) is 0. The first kappa shape index (κ1) is 6.39. The van der Waals surface area contributed by atoms with Gasteiger partial charge in [-0.05, 0) is 6.92 Å². The lowest BCUT2D eigenvalue weighted by Crippen LogP contribution is -2.17. The molecular formula is C6H9O3. The van der Waals surface area contributed by atoms with E-state index in [-0.39, 0.29) is 12.2 Å². The van der Waals surface area contributed by atoms with E-state index >= 15 is 0 Å². The lowest BCUT2D eigenvalue weighted by molar-refractivity contribution is 0.119. The molecule has 0 spiro atoms. The highest BCUT2D eigenvalue weighted by Crippen LogP contribution is 2.15. The quantitative estimate of drug-likeness (QED) is 0.498. The predicted molar refractivity (Wildman–Crippen MR) is 30.8 cm³/mol. The Morgan fingerprint density at radius 2 is 2.22 bits per heavy atom. The van der Waals surface area contributed by atoms with Gasteiger partial charge in [0.2, 0.25) is 0 Å². The molecule has 2 atom stereocenters. The fourth-order valence-corrected chi connectivity index (χ4v) is 0.793. The molecule has 0 aliphatic carbocycles. The lowest BCUT2D eigenvalue weighted by Gasteiger charge is -2.05. The highest BCUT2D eigenvalue weighted by atomic mass is 16.8. The average molecular weight is 129 g/mol. The molecule has 0 saturated carbocycles. The zero-order valence-electron chi connectivity index (χ0n) is 5.46. The summed E-state index contributed by atoms with van der Waals surface area (Å²) in [7, 11) is 0. The third kappa shape index (κ3) is 1.15. The molecule has 0 aromatic heterocycles. The van der Waals surface area contributed by atoms with Crippen molar-refractivity contribution >= 4 is 6.16 Å². The Morgan fingerprint density at radius 1 is 1.56 bits per heavy atom. The fraction of sp³-hybridized carbons (Fsp3) is 0.667. The van der Waals surface area contributed by atoms with Crippen molar-refractivity contribution in [3.05, 3.63) is 6.42 Å². The number of rotatable bonds is 1. The van der Waals surface area contributed by atoms with Crippen molar-refractivity contribution in [3.63, 3.8) is 0 Å². The first-order valence-electron chi connectivity index (χ1n) is 2.91. The van der Waals surface area contributed by atoms with Crippen LogP contribution >= 0.6 is 0 Å². The highest BCUT2D eigenvalue weighted by Gasteiger charge is 2.31. The first-order valence-corrected chi connectivity index (χ1v) is 2.91. The summed E-state index contributed by atoms with van der Waals surface area (Å²) in [5.41, 5.74) is 0. The van der Waals surface area contributed by atoms with Gasteiger partial charge in [0.05, 0.1) is 0 Å².